The molecule has 1 aliphatic carbocycles. The van der Waals surface area contributed by atoms with Crippen LogP contribution in [-0.4, -0.2) is 37.4 Å². The molecule has 1 N–H and O–H groups in total. The van der Waals surface area contributed by atoms with Gasteiger partial charge in [0.2, 0.25) is 5.95 Å². The highest BCUT2D eigenvalue weighted by atomic mass is 15.2. The monoisotopic (exact) mass is 324 g/mol. The third kappa shape index (κ3) is 3.38. The molecule has 24 heavy (non-hydrogen) atoms. The van der Waals surface area contributed by atoms with E-state index in [1.54, 1.807) is 18.6 Å². The molecule has 1 saturated carbocycles. The van der Waals surface area contributed by atoms with E-state index in [9.17, 15) is 0 Å². The van der Waals surface area contributed by atoms with Crippen molar-refractivity contribution in [3.05, 3.63) is 36.5 Å². The summed E-state index contributed by atoms with van der Waals surface area (Å²) in [5.74, 6) is 1.27. The summed E-state index contributed by atoms with van der Waals surface area (Å²) in [7, 11) is 0. The fourth-order valence-electron chi connectivity index (χ4n) is 4.05. The van der Waals surface area contributed by atoms with Crippen LogP contribution in [0.2, 0.25) is 0 Å². The molecule has 1 atom stereocenters. The second-order valence-electron chi connectivity index (χ2n) is 6.71. The minimum atomic E-state index is 0.429. The SMILES string of the molecule is c1cnc(Nc2nccc([C@@H]3CCCN3C3CCCCC3)n2)cn1. The van der Waals surface area contributed by atoms with Gasteiger partial charge in [-0.2, -0.15) is 0 Å². The average Bonchev–Trinajstić information content (AvgIpc) is 3.13. The van der Waals surface area contributed by atoms with Crippen molar-refractivity contribution in [3.8, 4) is 0 Å². The summed E-state index contributed by atoms with van der Waals surface area (Å²) in [5, 5.41) is 3.15. The van der Waals surface area contributed by atoms with Gasteiger partial charge in [-0.05, 0) is 38.3 Å². The predicted octanol–water partition coefficient (Wildman–Crippen LogP) is 3.48. The highest BCUT2D eigenvalue weighted by Gasteiger charge is 2.33. The van der Waals surface area contributed by atoms with Crippen molar-refractivity contribution in [2.75, 3.05) is 11.9 Å². The summed E-state index contributed by atoms with van der Waals surface area (Å²) in [5.41, 5.74) is 1.12. The standard InChI is InChI=1S/C18H24N6/c1-2-5-14(6-3-1)24-12-4-7-16(24)15-8-9-21-18(22-15)23-17-13-19-10-11-20-17/h8-11,13-14,16H,1-7,12H2,(H,20,21,22,23)/t16-/m0/s1. The normalized spacial score (nSPS) is 22.6. The molecule has 2 fully saturated rings. The van der Waals surface area contributed by atoms with E-state index < -0.39 is 0 Å². The molecule has 126 valence electrons. The van der Waals surface area contributed by atoms with Crippen molar-refractivity contribution in [1.29, 1.82) is 0 Å². The highest BCUT2D eigenvalue weighted by molar-refractivity contribution is 5.45. The number of rotatable bonds is 4. The van der Waals surface area contributed by atoms with Crippen LogP contribution in [0.15, 0.2) is 30.9 Å². The smallest absolute Gasteiger partial charge is 0.228 e. The Morgan fingerprint density at radius 3 is 2.71 bits per heavy atom. The van der Waals surface area contributed by atoms with Crippen LogP contribution in [-0.2, 0) is 0 Å². The summed E-state index contributed by atoms with van der Waals surface area (Å²) < 4.78 is 0. The van der Waals surface area contributed by atoms with E-state index in [-0.39, 0.29) is 0 Å². The first kappa shape index (κ1) is 15.4. The lowest BCUT2D eigenvalue weighted by molar-refractivity contribution is 0.140. The number of aromatic nitrogens is 4. The van der Waals surface area contributed by atoms with Crippen LogP contribution >= 0.6 is 0 Å². The van der Waals surface area contributed by atoms with Gasteiger partial charge in [-0.25, -0.2) is 15.0 Å². The van der Waals surface area contributed by atoms with Crippen molar-refractivity contribution in [2.24, 2.45) is 0 Å². The zero-order chi connectivity index (χ0) is 16.2. The predicted molar refractivity (Wildman–Crippen MR) is 92.9 cm³/mol. The maximum atomic E-state index is 4.76. The first-order chi connectivity index (χ1) is 11.9. The molecule has 0 radical (unpaired) electrons. The number of hydrogen-bond acceptors (Lipinski definition) is 6. The minimum absolute atomic E-state index is 0.429. The van der Waals surface area contributed by atoms with Gasteiger partial charge >= 0.3 is 0 Å². The van der Waals surface area contributed by atoms with Crippen LogP contribution in [0, 0.1) is 0 Å². The Kier molecular flexibility index (Phi) is 4.64. The summed E-state index contributed by atoms with van der Waals surface area (Å²) in [6, 6.07) is 3.23. The molecule has 3 heterocycles. The van der Waals surface area contributed by atoms with Crippen molar-refractivity contribution in [3.63, 3.8) is 0 Å². The first-order valence-corrected chi connectivity index (χ1v) is 9.02. The Bertz CT molecular complexity index is 656. The summed E-state index contributed by atoms with van der Waals surface area (Å²) in [6.45, 7) is 1.20. The van der Waals surface area contributed by atoms with Crippen LogP contribution in [0.5, 0.6) is 0 Å². The van der Waals surface area contributed by atoms with Crippen molar-refractivity contribution >= 4 is 11.8 Å². The summed E-state index contributed by atoms with van der Waals surface area (Å²) in [6.07, 6.45) is 16.1. The quantitative estimate of drug-likeness (QED) is 0.929. The van der Waals surface area contributed by atoms with Gasteiger partial charge in [0.25, 0.3) is 0 Å². The van der Waals surface area contributed by atoms with Gasteiger partial charge in [-0.15, -0.1) is 0 Å². The first-order valence-electron chi connectivity index (χ1n) is 9.02. The molecular formula is C18H24N6. The fraction of sp³-hybridized carbons (Fsp3) is 0.556. The molecule has 0 amide bonds. The molecule has 6 nitrogen and oxygen atoms in total. The van der Waals surface area contributed by atoms with Crippen molar-refractivity contribution in [1.82, 2.24) is 24.8 Å². The fourth-order valence-corrected chi connectivity index (χ4v) is 4.05. The maximum Gasteiger partial charge on any atom is 0.228 e. The third-order valence-electron chi connectivity index (χ3n) is 5.16. The van der Waals surface area contributed by atoms with Crippen LogP contribution in [0.3, 0.4) is 0 Å². The van der Waals surface area contributed by atoms with Crippen LogP contribution < -0.4 is 5.32 Å². The van der Waals surface area contributed by atoms with Gasteiger partial charge in [-0.1, -0.05) is 19.3 Å². The Labute approximate surface area is 142 Å². The van der Waals surface area contributed by atoms with Gasteiger partial charge in [0, 0.05) is 24.6 Å². The Morgan fingerprint density at radius 1 is 0.958 bits per heavy atom. The molecule has 6 heteroatoms. The number of hydrogen-bond donors (Lipinski definition) is 1. The molecule has 0 aromatic carbocycles. The van der Waals surface area contributed by atoms with Crippen LogP contribution in [0.4, 0.5) is 11.8 Å². The van der Waals surface area contributed by atoms with E-state index in [4.69, 9.17) is 4.98 Å². The molecule has 0 bridgehead atoms. The summed E-state index contributed by atoms with van der Waals surface area (Å²) >= 11 is 0. The molecular weight excluding hydrogens is 300 g/mol. The van der Waals surface area contributed by atoms with Crippen molar-refractivity contribution in [2.45, 2.75) is 57.0 Å². The second-order valence-corrected chi connectivity index (χ2v) is 6.71. The van der Waals surface area contributed by atoms with E-state index in [1.807, 2.05) is 6.20 Å². The lowest BCUT2D eigenvalue weighted by Crippen LogP contribution is -2.36. The van der Waals surface area contributed by atoms with E-state index in [2.05, 4.69) is 31.2 Å². The van der Waals surface area contributed by atoms with Gasteiger partial charge in [-0.3, -0.25) is 9.88 Å². The highest BCUT2D eigenvalue weighted by Crippen LogP contribution is 2.37. The number of nitrogens with zero attached hydrogens (tertiary/aromatic N) is 5. The molecule has 4 rings (SSSR count). The van der Waals surface area contributed by atoms with E-state index in [0.29, 0.717) is 17.8 Å². The van der Waals surface area contributed by atoms with E-state index in [0.717, 1.165) is 11.7 Å². The van der Waals surface area contributed by atoms with Gasteiger partial charge < -0.3 is 5.32 Å². The lowest BCUT2D eigenvalue weighted by atomic mass is 9.93. The zero-order valence-corrected chi connectivity index (χ0v) is 13.9. The molecule has 0 spiro atoms. The van der Waals surface area contributed by atoms with Crippen LogP contribution in [0.25, 0.3) is 0 Å². The lowest BCUT2D eigenvalue weighted by Gasteiger charge is -2.35. The van der Waals surface area contributed by atoms with Crippen molar-refractivity contribution < 1.29 is 0 Å². The second kappa shape index (κ2) is 7.21. The number of nitrogens with one attached hydrogen (secondary N) is 1. The number of likely N-dealkylation sites (tertiary alicyclic amines) is 1. The Morgan fingerprint density at radius 2 is 1.88 bits per heavy atom. The largest absolute Gasteiger partial charge is 0.307 e. The van der Waals surface area contributed by atoms with Gasteiger partial charge in [0.1, 0.15) is 0 Å². The van der Waals surface area contributed by atoms with E-state index >= 15 is 0 Å². The van der Waals surface area contributed by atoms with E-state index in [1.165, 1.54) is 51.5 Å². The molecule has 2 aliphatic rings. The molecule has 0 unspecified atom stereocenters. The number of anilines is 2. The Hall–Kier alpha value is -2.08. The molecule has 1 saturated heterocycles. The zero-order valence-electron chi connectivity index (χ0n) is 13.9. The maximum absolute atomic E-state index is 4.76. The average molecular weight is 324 g/mol. The Balaban J connectivity index is 1.51. The molecule has 2 aromatic rings. The third-order valence-corrected chi connectivity index (χ3v) is 5.16. The molecule has 2 aromatic heterocycles. The minimum Gasteiger partial charge on any atom is -0.307 e. The van der Waals surface area contributed by atoms with Gasteiger partial charge in [0.15, 0.2) is 5.82 Å². The van der Waals surface area contributed by atoms with Crippen LogP contribution in [0.1, 0.15) is 56.7 Å². The summed E-state index contributed by atoms with van der Waals surface area (Å²) in [4.78, 5) is 20.1. The molecule has 1 aliphatic heterocycles. The van der Waals surface area contributed by atoms with Gasteiger partial charge in [0.05, 0.1) is 17.9 Å². The topological polar surface area (TPSA) is 66.8 Å².